The van der Waals surface area contributed by atoms with Crippen molar-refractivity contribution in [3.8, 4) is 0 Å². The van der Waals surface area contributed by atoms with E-state index in [-0.39, 0.29) is 11.6 Å². The number of carbonyl (C=O) groups is 2. The van der Waals surface area contributed by atoms with Crippen molar-refractivity contribution in [2.24, 2.45) is 0 Å². The molecule has 1 aromatic carbocycles. The fourth-order valence-electron chi connectivity index (χ4n) is 2.51. The molecule has 112 valence electrons. The minimum absolute atomic E-state index is 0.0408. The fourth-order valence-corrected chi connectivity index (χ4v) is 2.51. The van der Waals surface area contributed by atoms with Crippen molar-refractivity contribution in [3.05, 3.63) is 42.0 Å². The number of urea groups is 1. The van der Waals surface area contributed by atoms with Gasteiger partial charge < -0.3 is 10.0 Å². The lowest BCUT2D eigenvalue weighted by Gasteiger charge is -2.25. The number of hydrogen-bond donors (Lipinski definition) is 1. The number of carboxylic acid groups (broad SMARTS) is 1. The third kappa shape index (κ3) is 3.24. The zero-order valence-corrected chi connectivity index (χ0v) is 12.2. The highest BCUT2D eigenvalue weighted by Gasteiger charge is 2.27. The van der Waals surface area contributed by atoms with Crippen molar-refractivity contribution in [1.82, 2.24) is 4.90 Å². The molecule has 0 unspecified atom stereocenters. The van der Waals surface area contributed by atoms with E-state index in [4.69, 9.17) is 5.11 Å². The number of fused-ring (bicyclic) bond motifs is 1. The van der Waals surface area contributed by atoms with Gasteiger partial charge in [-0.3, -0.25) is 4.90 Å². The Kier molecular flexibility index (Phi) is 4.62. The lowest BCUT2D eigenvalue weighted by atomic mass is 10.1. The highest BCUT2D eigenvalue weighted by atomic mass is 16.4. The summed E-state index contributed by atoms with van der Waals surface area (Å²) in [5.41, 5.74) is 2.01. The van der Waals surface area contributed by atoms with E-state index < -0.39 is 5.97 Å². The third-order valence-electron chi connectivity index (χ3n) is 3.68. The maximum absolute atomic E-state index is 12.4. The molecule has 1 aliphatic rings. The van der Waals surface area contributed by atoms with Crippen LogP contribution in [0, 0.1) is 0 Å². The molecule has 0 saturated heterocycles. The fraction of sp³-hybridized carbons (Fsp3) is 0.375. The molecule has 1 heterocycles. The van der Waals surface area contributed by atoms with Crippen LogP contribution in [0.3, 0.4) is 0 Å². The van der Waals surface area contributed by atoms with Gasteiger partial charge in [0.05, 0.1) is 5.56 Å². The van der Waals surface area contributed by atoms with Crippen molar-refractivity contribution >= 4 is 17.7 Å². The summed E-state index contributed by atoms with van der Waals surface area (Å²) in [4.78, 5) is 26.8. The Hall–Kier alpha value is -2.30. The Labute approximate surface area is 124 Å². The molecule has 0 fully saturated rings. The molecular weight excluding hydrogens is 268 g/mol. The Morgan fingerprint density at radius 2 is 2.24 bits per heavy atom. The van der Waals surface area contributed by atoms with E-state index in [9.17, 15) is 9.59 Å². The van der Waals surface area contributed by atoms with E-state index in [1.54, 1.807) is 35.0 Å². The molecule has 0 spiro atoms. The number of aromatic carboxylic acids is 1. The summed E-state index contributed by atoms with van der Waals surface area (Å²) in [5, 5.41) is 9.00. The first-order valence-corrected chi connectivity index (χ1v) is 7.04. The van der Waals surface area contributed by atoms with Crippen LogP contribution >= 0.6 is 0 Å². The van der Waals surface area contributed by atoms with Gasteiger partial charge in [0.1, 0.15) is 0 Å². The average molecular weight is 288 g/mol. The molecule has 0 saturated carbocycles. The largest absolute Gasteiger partial charge is 0.478 e. The van der Waals surface area contributed by atoms with Crippen LogP contribution in [0.1, 0.15) is 28.8 Å². The van der Waals surface area contributed by atoms with Crippen LogP contribution in [-0.2, 0) is 6.42 Å². The number of carboxylic acids is 1. The number of allylic oxidation sites excluding steroid dienone is 1. The molecule has 5 heteroatoms. The van der Waals surface area contributed by atoms with Crippen molar-refractivity contribution in [2.45, 2.75) is 19.3 Å². The third-order valence-corrected chi connectivity index (χ3v) is 3.68. The van der Waals surface area contributed by atoms with Crippen molar-refractivity contribution in [2.75, 3.05) is 25.0 Å². The maximum Gasteiger partial charge on any atom is 0.335 e. The summed E-state index contributed by atoms with van der Waals surface area (Å²) in [5.74, 6) is -0.941. The van der Waals surface area contributed by atoms with Crippen molar-refractivity contribution in [1.29, 1.82) is 0 Å². The summed E-state index contributed by atoms with van der Waals surface area (Å²) in [6.07, 6.45) is 4.32. The van der Waals surface area contributed by atoms with Crippen molar-refractivity contribution < 1.29 is 14.7 Å². The minimum Gasteiger partial charge on any atom is -0.478 e. The number of benzene rings is 1. The number of anilines is 1. The highest BCUT2D eigenvalue weighted by molar-refractivity contribution is 5.95. The highest BCUT2D eigenvalue weighted by Crippen LogP contribution is 2.29. The molecule has 1 aliphatic heterocycles. The molecule has 21 heavy (non-hydrogen) atoms. The second-order valence-corrected chi connectivity index (χ2v) is 5.19. The number of rotatable bonds is 5. The summed E-state index contributed by atoms with van der Waals surface area (Å²) in [7, 11) is 1.79. The molecule has 0 aliphatic carbocycles. The maximum atomic E-state index is 12.4. The number of hydrogen-bond acceptors (Lipinski definition) is 2. The summed E-state index contributed by atoms with van der Waals surface area (Å²) in [6.45, 7) is 4.95. The second kappa shape index (κ2) is 6.43. The van der Waals surface area contributed by atoms with Crippen LogP contribution < -0.4 is 4.90 Å². The predicted molar refractivity (Wildman–Crippen MR) is 81.9 cm³/mol. The molecule has 0 bridgehead atoms. The number of carbonyl (C=O) groups excluding carboxylic acids is 1. The van der Waals surface area contributed by atoms with E-state index in [0.717, 1.165) is 24.1 Å². The predicted octanol–water partition coefficient (Wildman–Crippen LogP) is 2.77. The topological polar surface area (TPSA) is 60.9 Å². The molecule has 2 rings (SSSR count). The van der Waals surface area contributed by atoms with Crippen LogP contribution in [0.25, 0.3) is 0 Å². The first-order valence-electron chi connectivity index (χ1n) is 7.04. The first-order chi connectivity index (χ1) is 10.0. The zero-order chi connectivity index (χ0) is 15.4. The standard InChI is InChI=1S/C16H20N2O3/c1-3-4-5-9-17(2)16(21)18-10-8-12-11-13(15(19)20)6-7-14(12)18/h3,6-7,11H,1,4-5,8-10H2,2H3,(H,19,20). The Morgan fingerprint density at radius 1 is 1.48 bits per heavy atom. The van der Waals surface area contributed by atoms with Gasteiger partial charge in [0, 0.05) is 25.8 Å². The first kappa shape index (κ1) is 15.1. The SMILES string of the molecule is C=CCCCN(C)C(=O)N1CCc2cc(C(=O)O)ccc21. The van der Waals surface area contributed by atoms with Crippen LogP contribution in [-0.4, -0.2) is 42.1 Å². The van der Waals surface area contributed by atoms with Gasteiger partial charge in [-0.2, -0.15) is 0 Å². The van der Waals surface area contributed by atoms with Gasteiger partial charge in [-0.15, -0.1) is 6.58 Å². The van der Waals surface area contributed by atoms with E-state index >= 15 is 0 Å². The number of unbranched alkanes of at least 4 members (excludes halogenated alkanes) is 1. The van der Waals surface area contributed by atoms with Gasteiger partial charge in [0.25, 0.3) is 0 Å². The second-order valence-electron chi connectivity index (χ2n) is 5.19. The summed E-state index contributed by atoms with van der Waals surface area (Å²) < 4.78 is 0. The normalized spacial score (nSPS) is 12.9. The van der Waals surface area contributed by atoms with E-state index in [1.807, 2.05) is 6.08 Å². The molecule has 5 nitrogen and oxygen atoms in total. The minimum atomic E-state index is -0.941. The van der Waals surface area contributed by atoms with Crippen molar-refractivity contribution in [3.63, 3.8) is 0 Å². The molecule has 2 amide bonds. The summed E-state index contributed by atoms with van der Waals surface area (Å²) >= 11 is 0. The molecular formula is C16H20N2O3. The van der Waals surface area contributed by atoms with Crippen LogP contribution in [0.15, 0.2) is 30.9 Å². The molecule has 1 N–H and O–H groups in total. The summed E-state index contributed by atoms with van der Waals surface area (Å²) in [6, 6.07) is 4.88. The van der Waals surface area contributed by atoms with E-state index in [1.165, 1.54) is 0 Å². The lowest BCUT2D eigenvalue weighted by molar-refractivity contribution is 0.0697. The van der Waals surface area contributed by atoms with Gasteiger partial charge >= 0.3 is 12.0 Å². The molecule has 0 atom stereocenters. The molecule has 0 aromatic heterocycles. The van der Waals surface area contributed by atoms with E-state index in [2.05, 4.69) is 6.58 Å². The smallest absolute Gasteiger partial charge is 0.335 e. The number of nitrogens with zero attached hydrogens (tertiary/aromatic N) is 2. The van der Waals surface area contributed by atoms with Crippen LogP contribution in [0.2, 0.25) is 0 Å². The quantitative estimate of drug-likeness (QED) is 0.669. The lowest BCUT2D eigenvalue weighted by Crippen LogP contribution is -2.40. The van der Waals surface area contributed by atoms with Gasteiger partial charge in [-0.05, 0) is 43.0 Å². The average Bonchev–Trinajstić information content (AvgIpc) is 2.89. The Bertz CT molecular complexity index is 569. The molecule has 1 aromatic rings. The number of amides is 2. The van der Waals surface area contributed by atoms with Crippen LogP contribution in [0.5, 0.6) is 0 Å². The Balaban J connectivity index is 2.09. The van der Waals surface area contributed by atoms with Gasteiger partial charge in [-0.25, -0.2) is 9.59 Å². The Morgan fingerprint density at radius 3 is 2.90 bits per heavy atom. The van der Waals surface area contributed by atoms with E-state index in [0.29, 0.717) is 19.5 Å². The van der Waals surface area contributed by atoms with Gasteiger partial charge in [0.15, 0.2) is 0 Å². The van der Waals surface area contributed by atoms with Crippen LogP contribution in [0.4, 0.5) is 10.5 Å². The monoisotopic (exact) mass is 288 g/mol. The van der Waals surface area contributed by atoms with Gasteiger partial charge in [0.2, 0.25) is 0 Å². The zero-order valence-electron chi connectivity index (χ0n) is 12.2. The molecule has 0 radical (unpaired) electrons. The van der Waals surface area contributed by atoms with Gasteiger partial charge in [-0.1, -0.05) is 6.08 Å².